The predicted octanol–water partition coefficient (Wildman–Crippen LogP) is 12.9. The van der Waals surface area contributed by atoms with Gasteiger partial charge in [0.05, 0.1) is 0 Å². The number of benzene rings is 5. The molecule has 0 bridgehead atoms. The number of ketones is 1. The smallest absolute Gasteiger partial charge is 0.190 e. The van der Waals surface area contributed by atoms with E-state index in [-0.39, 0.29) is 22.4 Å². The van der Waals surface area contributed by atoms with Crippen LogP contribution in [0.5, 0.6) is 0 Å². The highest BCUT2D eigenvalue weighted by Gasteiger charge is 2.25. The third-order valence-corrected chi connectivity index (χ3v) is 9.65. The molecule has 49 heavy (non-hydrogen) atoms. The second kappa shape index (κ2) is 13.3. The molecule has 2 nitrogen and oxygen atoms in total. The van der Waals surface area contributed by atoms with Crippen LogP contribution in [0, 0.1) is 41.5 Å². The molecule has 0 unspecified atom stereocenters. The van der Waals surface area contributed by atoms with Gasteiger partial charge in [-0.15, -0.1) is 0 Å². The number of carbonyl (C=O) groups is 1. The van der Waals surface area contributed by atoms with Crippen LogP contribution in [-0.4, -0.2) is 10.9 Å². The number of carbonyl (C=O) groups excluding carboxylic acids is 1. The summed E-state index contributed by atoms with van der Waals surface area (Å²) < 4.78 is 0. The largest absolute Gasteiger partial charge is 0.507 e. The fraction of sp³-hybridized carbons (Fsp3) is 0.298. The van der Waals surface area contributed by atoms with Crippen LogP contribution < -0.4 is 0 Å². The van der Waals surface area contributed by atoms with Crippen molar-refractivity contribution in [3.8, 4) is 33.4 Å². The minimum atomic E-state index is -0.226. The monoisotopic (exact) mass is 648 g/mol. The first-order valence-electron chi connectivity index (χ1n) is 17.4. The molecule has 5 aromatic rings. The molecule has 5 aromatic carbocycles. The highest BCUT2D eigenvalue weighted by molar-refractivity contribution is 6.16. The Bertz CT molecular complexity index is 1950. The lowest BCUT2D eigenvalue weighted by Crippen LogP contribution is -2.16. The Kier molecular flexibility index (Phi) is 9.68. The molecule has 0 saturated heterocycles. The van der Waals surface area contributed by atoms with Gasteiger partial charge in [-0.05, 0) is 119 Å². The Balaban J connectivity index is 1.75. The molecule has 0 amide bonds. The van der Waals surface area contributed by atoms with Gasteiger partial charge in [0.2, 0.25) is 0 Å². The Morgan fingerprint density at radius 3 is 1.39 bits per heavy atom. The zero-order valence-electron chi connectivity index (χ0n) is 31.5. The van der Waals surface area contributed by atoms with Crippen molar-refractivity contribution >= 4 is 11.5 Å². The van der Waals surface area contributed by atoms with Crippen molar-refractivity contribution in [2.45, 2.75) is 93.9 Å². The highest BCUT2D eigenvalue weighted by Crippen LogP contribution is 2.41. The molecule has 252 valence electrons. The molecule has 0 atom stereocenters. The van der Waals surface area contributed by atoms with Crippen LogP contribution in [0.1, 0.15) is 102 Å². The van der Waals surface area contributed by atoms with E-state index < -0.39 is 0 Å². The van der Waals surface area contributed by atoms with Crippen LogP contribution in [0.2, 0.25) is 0 Å². The third-order valence-electron chi connectivity index (χ3n) is 9.65. The van der Waals surface area contributed by atoms with Crippen LogP contribution in [0.25, 0.3) is 39.1 Å². The molecule has 0 saturated carbocycles. The van der Waals surface area contributed by atoms with Crippen molar-refractivity contribution in [2.75, 3.05) is 0 Å². The number of aliphatic hydroxyl groups excluding tert-OH is 1. The molecule has 1 N–H and O–H groups in total. The van der Waals surface area contributed by atoms with Crippen LogP contribution in [0.4, 0.5) is 0 Å². The van der Waals surface area contributed by atoms with E-state index in [1.54, 1.807) is 0 Å². The molecule has 0 radical (unpaired) electrons. The molecule has 0 heterocycles. The highest BCUT2D eigenvalue weighted by atomic mass is 16.3. The minimum Gasteiger partial charge on any atom is -0.507 e. The van der Waals surface area contributed by atoms with E-state index in [0.29, 0.717) is 11.1 Å². The number of allylic oxidation sites excluding steroid dienone is 1. The van der Waals surface area contributed by atoms with Crippen LogP contribution in [0.15, 0.2) is 91.0 Å². The molecular weight excluding hydrogens is 597 g/mol. The summed E-state index contributed by atoms with van der Waals surface area (Å²) in [5, 5.41) is 11.9. The van der Waals surface area contributed by atoms with E-state index in [4.69, 9.17) is 0 Å². The van der Waals surface area contributed by atoms with Gasteiger partial charge < -0.3 is 5.11 Å². The summed E-state index contributed by atoms with van der Waals surface area (Å²) in [6.07, 6.45) is 1.43. The summed E-state index contributed by atoms with van der Waals surface area (Å²) in [4.78, 5) is 14.8. The first-order chi connectivity index (χ1) is 22.9. The molecule has 0 aliphatic carbocycles. The minimum absolute atomic E-state index is 0.0467. The van der Waals surface area contributed by atoms with Gasteiger partial charge >= 0.3 is 0 Å². The molecule has 5 rings (SSSR count). The Morgan fingerprint density at radius 1 is 0.551 bits per heavy atom. The SMILES string of the molecule is Cc1cc(C)c(-c2cccc(-c3c(C)cc(C)cc3C)c2C(=O)/C=C(\O)c2ccccc2-c2cc(C(C)(C)C)cc(C(C)(C)C)c2)c(C)c1. The zero-order valence-corrected chi connectivity index (χ0v) is 31.5. The average molecular weight is 649 g/mol. The molecule has 2 heteroatoms. The van der Waals surface area contributed by atoms with Gasteiger partial charge in [-0.25, -0.2) is 0 Å². The van der Waals surface area contributed by atoms with E-state index in [0.717, 1.165) is 55.6 Å². The van der Waals surface area contributed by atoms with E-state index >= 15 is 0 Å². The maximum Gasteiger partial charge on any atom is 0.190 e. The van der Waals surface area contributed by atoms with E-state index in [1.165, 1.54) is 28.3 Å². The standard InChI is InChI=1S/C47H52O2/c1-28-20-30(3)43(31(4)21-28)39-18-15-19-40(44-32(5)22-29(2)23-33(44)6)45(39)42(49)27-41(48)38-17-14-13-16-37(38)34-24-35(46(7,8)9)26-36(25-34)47(10,11)12/h13-27,48H,1-12H3/b41-27-. The van der Waals surface area contributed by atoms with Gasteiger partial charge in [-0.2, -0.15) is 0 Å². The number of aliphatic hydroxyl groups is 1. The second-order valence-corrected chi connectivity index (χ2v) is 16.0. The summed E-state index contributed by atoms with van der Waals surface area (Å²) in [7, 11) is 0. The van der Waals surface area contributed by atoms with Crippen molar-refractivity contribution in [3.05, 3.63) is 147 Å². The van der Waals surface area contributed by atoms with Crippen LogP contribution in [0.3, 0.4) is 0 Å². The molecule has 0 spiro atoms. The van der Waals surface area contributed by atoms with Crippen molar-refractivity contribution in [1.82, 2.24) is 0 Å². The van der Waals surface area contributed by atoms with Crippen LogP contribution >= 0.6 is 0 Å². The van der Waals surface area contributed by atoms with Crippen molar-refractivity contribution in [3.63, 3.8) is 0 Å². The summed E-state index contributed by atoms with van der Waals surface area (Å²) in [6, 6.07) is 29.4. The molecule has 0 aromatic heterocycles. The first kappa shape index (κ1) is 35.6. The average Bonchev–Trinajstić information content (AvgIpc) is 2.99. The second-order valence-electron chi connectivity index (χ2n) is 16.0. The third kappa shape index (κ3) is 7.35. The topological polar surface area (TPSA) is 37.3 Å². The molecular formula is C47H52O2. The van der Waals surface area contributed by atoms with E-state index in [2.05, 4.69) is 126 Å². The fourth-order valence-corrected chi connectivity index (χ4v) is 7.33. The molecule has 0 fully saturated rings. The lowest BCUT2D eigenvalue weighted by molar-refractivity contribution is 0.104. The van der Waals surface area contributed by atoms with Crippen molar-refractivity contribution < 1.29 is 9.90 Å². The van der Waals surface area contributed by atoms with Gasteiger partial charge in [0, 0.05) is 17.2 Å². The number of aryl methyl sites for hydroxylation is 6. The van der Waals surface area contributed by atoms with E-state index in [9.17, 15) is 9.90 Å². The molecule has 0 aliphatic heterocycles. The maximum atomic E-state index is 14.8. The van der Waals surface area contributed by atoms with Crippen molar-refractivity contribution in [1.29, 1.82) is 0 Å². The summed E-state index contributed by atoms with van der Waals surface area (Å²) in [6.45, 7) is 26.0. The van der Waals surface area contributed by atoms with E-state index in [1.807, 2.05) is 42.5 Å². The number of rotatable bonds is 6. The normalized spacial score (nSPS) is 12.4. The predicted molar refractivity (Wildman–Crippen MR) is 210 cm³/mol. The number of hydrogen-bond donors (Lipinski definition) is 1. The van der Waals surface area contributed by atoms with Gasteiger partial charge in [0.1, 0.15) is 5.76 Å². The number of hydrogen-bond acceptors (Lipinski definition) is 2. The van der Waals surface area contributed by atoms with Gasteiger partial charge in [0.15, 0.2) is 5.78 Å². The van der Waals surface area contributed by atoms with Gasteiger partial charge in [-0.1, -0.05) is 138 Å². The quantitative estimate of drug-likeness (QED) is 0.113. The summed E-state index contributed by atoms with van der Waals surface area (Å²) >= 11 is 0. The fourth-order valence-electron chi connectivity index (χ4n) is 7.33. The summed E-state index contributed by atoms with van der Waals surface area (Å²) in [5.74, 6) is -0.273. The Morgan fingerprint density at radius 2 is 0.959 bits per heavy atom. The lowest BCUT2D eigenvalue weighted by atomic mass is 9.78. The Hall–Kier alpha value is -4.69. The lowest BCUT2D eigenvalue weighted by Gasteiger charge is -2.26. The van der Waals surface area contributed by atoms with Gasteiger partial charge in [0.25, 0.3) is 0 Å². The first-order valence-corrected chi connectivity index (χ1v) is 17.4. The zero-order chi connectivity index (χ0) is 36.0. The Labute approximate surface area is 294 Å². The maximum absolute atomic E-state index is 14.8. The summed E-state index contributed by atoms with van der Waals surface area (Å²) in [5.41, 5.74) is 16.2. The van der Waals surface area contributed by atoms with Crippen molar-refractivity contribution in [2.24, 2.45) is 0 Å². The van der Waals surface area contributed by atoms with Crippen LogP contribution in [-0.2, 0) is 10.8 Å². The van der Waals surface area contributed by atoms with Gasteiger partial charge in [-0.3, -0.25) is 4.79 Å². The molecule has 0 aliphatic rings.